The number of ether oxygens (including phenoxy) is 3. The molecule has 1 N–H and O–H groups in total. The number of amides is 2. The number of pyridine rings is 1. The van der Waals surface area contributed by atoms with E-state index >= 15 is 13.6 Å². The Morgan fingerprint density at radius 3 is 2.40 bits per heavy atom. The number of benzene rings is 2. The number of nitrogens with zero attached hydrogens (tertiary/aromatic N) is 5. The van der Waals surface area contributed by atoms with Gasteiger partial charge in [0.2, 0.25) is 5.88 Å². The predicted molar refractivity (Wildman–Crippen MR) is 177 cm³/mol. The molecule has 2 atom stereocenters. The number of fused-ring (bicyclic) bond motifs is 1. The van der Waals surface area contributed by atoms with Crippen LogP contribution in [-0.2, 0) is 20.2 Å². The molecule has 1 aromatic heterocycles. The molecule has 6 rings (SSSR count). The lowest BCUT2D eigenvalue weighted by atomic mass is 9.68. The van der Waals surface area contributed by atoms with Gasteiger partial charge in [0, 0.05) is 55.1 Å². The Hall–Kier alpha value is -4.54. The van der Waals surface area contributed by atoms with Crippen molar-refractivity contribution in [3.63, 3.8) is 0 Å². The molecule has 2 saturated heterocycles. The van der Waals surface area contributed by atoms with Crippen molar-refractivity contribution in [2.24, 2.45) is 0 Å². The number of aromatic nitrogens is 1. The fourth-order valence-electron chi connectivity index (χ4n) is 7.53. The molecule has 50 heavy (non-hydrogen) atoms. The molecule has 3 aliphatic heterocycles. The van der Waals surface area contributed by atoms with Gasteiger partial charge in [-0.2, -0.15) is 0 Å². The molecule has 3 aromatic rings. The molecule has 0 bridgehead atoms. The Morgan fingerprint density at radius 2 is 1.74 bits per heavy atom. The summed E-state index contributed by atoms with van der Waals surface area (Å²) in [7, 11) is -0.317. The first-order chi connectivity index (χ1) is 23.9. The van der Waals surface area contributed by atoms with Crippen LogP contribution in [0.3, 0.4) is 0 Å². The minimum absolute atomic E-state index is 0.0139. The second-order valence-corrected chi connectivity index (χ2v) is 14.2. The molecule has 4 heterocycles. The normalized spacial score (nSPS) is 22.0. The van der Waals surface area contributed by atoms with Crippen LogP contribution < -0.4 is 18.5 Å². The van der Waals surface area contributed by atoms with Crippen LogP contribution in [-0.4, -0.2) is 118 Å². The fourth-order valence-corrected chi connectivity index (χ4v) is 9.14. The van der Waals surface area contributed by atoms with Gasteiger partial charge >= 0.3 is 6.09 Å². The number of methoxy groups -OCH3 is 2. The lowest BCUT2D eigenvalue weighted by molar-refractivity contribution is -0.124. The SMILES string of the molecule is CCOc1ncccc1C1(C2CN(C3CCN(C)CC3)CCN2C(=O)O)C(=O)N(S(=O)(=O)c2ccc(OC)cc2OC)c2cc(F)c(F)cc21. The largest absolute Gasteiger partial charge is 0.497 e. The van der Waals surface area contributed by atoms with Gasteiger partial charge in [0.15, 0.2) is 11.6 Å². The summed E-state index contributed by atoms with van der Waals surface area (Å²) in [5.41, 5.74) is -2.97. The van der Waals surface area contributed by atoms with Crippen LogP contribution in [0.4, 0.5) is 19.3 Å². The second-order valence-electron chi connectivity index (χ2n) is 12.5. The van der Waals surface area contributed by atoms with E-state index in [0.29, 0.717) is 16.9 Å². The zero-order valence-electron chi connectivity index (χ0n) is 28.1. The molecule has 0 radical (unpaired) electrons. The number of rotatable bonds is 9. The van der Waals surface area contributed by atoms with E-state index in [9.17, 15) is 18.3 Å². The first kappa shape index (κ1) is 35.3. The topological polar surface area (TPSA) is 142 Å². The van der Waals surface area contributed by atoms with Crippen LogP contribution >= 0.6 is 0 Å². The third-order valence-electron chi connectivity index (χ3n) is 9.93. The molecule has 16 heteroatoms. The van der Waals surface area contributed by atoms with Crippen molar-refractivity contribution in [1.82, 2.24) is 19.7 Å². The Morgan fingerprint density at radius 1 is 1.02 bits per heavy atom. The summed E-state index contributed by atoms with van der Waals surface area (Å²) in [4.78, 5) is 37.8. The number of carboxylic acid groups (broad SMARTS) is 1. The molecule has 0 aliphatic carbocycles. The third-order valence-corrected chi connectivity index (χ3v) is 11.7. The summed E-state index contributed by atoms with van der Waals surface area (Å²) in [5, 5.41) is 10.6. The average Bonchev–Trinajstić information content (AvgIpc) is 3.36. The average molecular weight is 716 g/mol. The van der Waals surface area contributed by atoms with E-state index < -0.39 is 55.7 Å². The van der Waals surface area contributed by atoms with Crippen LogP contribution in [0.1, 0.15) is 30.9 Å². The van der Waals surface area contributed by atoms with E-state index in [4.69, 9.17) is 14.2 Å². The van der Waals surface area contributed by atoms with E-state index in [0.717, 1.165) is 36.9 Å². The van der Waals surface area contributed by atoms with Crippen LogP contribution in [0, 0.1) is 11.6 Å². The van der Waals surface area contributed by atoms with Gasteiger partial charge in [0.05, 0.1) is 32.6 Å². The van der Waals surface area contributed by atoms with Crippen LogP contribution in [0.15, 0.2) is 53.6 Å². The van der Waals surface area contributed by atoms with Gasteiger partial charge in [-0.25, -0.2) is 31.3 Å². The first-order valence-corrected chi connectivity index (χ1v) is 17.7. The molecule has 13 nitrogen and oxygen atoms in total. The number of sulfonamides is 1. The van der Waals surface area contributed by atoms with Gasteiger partial charge in [0.25, 0.3) is 15.9 Å². The molecule has 0 saturated carbocycles. The van der Waals surface area contributed by atoms with Gasteiger partial charge in [-0.3, -0.25) is 9.69 Å². The Balaban J connectivity index is 1.65. The highest BCUT2D eigenvalue weighted by atomic mass is 32.2. The molecule has 2 amide bonds. The zero-order chi connectivity index (χ0) is 36.0. The third kappa shape index (κ3) is 5.68. The molecule has 2 fully saturated rings. The Labute approximate surface area is 289 Å². The number of anilines is 1. The first-order valence-electron chi connectivity index (χ1n) is 16.2. The molecule has 2 aromatic carbocycles. The monoisotopic (exact) mass is 715 g/mol. The highest BCUT2D eigenvalue weighted by molar-refractivity contribution is 7.93. The summed E-state index contributed by atoms with van der Waals surface area (Å²) < 4.78 is 77.1. The van der Waals surface area contributed by atoms with E-state index in [1.54, 1.807) is 6.92 Å². The van der Waals surface area contributed by atoms with E-state index in [1.165, 1.54) is 50.7 Å². The smallest absolute Gasteiger partial charge is 0.407 e. The maximum Gasteiger partial charge on any atom is 0.407 e. The van der Waals surface area contributed by atoms with Crippen molar-refractivity contribution >= 4 is 27.7 Å². The van der Waals surface area contributed by atoms with Crippen molar-refractivity contribution < 1.29 is 46.1 Å². The lowest BCUT2D eigenvalue weighted by Crippen LogP contribution is -2.67. The van der Waals surface area contributed by atoms with E-state index in [2.05, 4.69) is 14.8 Å². The molecule has 0 spiro atoms. The molecule has 3 aliphatic rings. The van der Waals surface area contributed by atoms with Gasteiger partial charge in [-0.1, -0.05) is 6.07 Å². The number of carbonyl (C=O) groups excluding carboxylic acids is 1. The van der Waals surface area contributed by atoms with Gasteiger partial charge in [-0.05, 0) is 64.2 Å². The van der Waals surface area contributed by atoms with E-state index in [-0.39, 0.29) is 54.2 Å². The van der Waals surface area contributed by atoms with Gasteiger partial charge in [-0.15, -0.1) is 0 Å². The highest BCUT2D eigenvalue weighted by Crippen LogP contribution is 2.55. The second kappa shape index (κ2) is 13.6. The highest BCUT2D eigenvalue weighted by Gasteiger charge is 2.64. The summed E-state index contributed by atoms with van der Waals surface area (Å²) in [6.45, 7) is 3.66. The molecule has 2 unspecified atom stereocenters. The maximum absolute atomic E-state index is 15.5. The molecular weight excluding hydrogens is 676 g/mol. The van der Waals surface area contributed by atoms with Crippen molar-refractivity contribution in [3.8, 4) is 17.4 Å². The standard InChI is InChI=1S/C34H39F2N5O8S/c1-5-49-31-23(7-6-12-37-31)34(30-20-39(15-16-40(30)33(43)44)21-10-13-38(2)14-11-21)24-18-25(35)26(36)19-27(24)41(32(34)42)50(45,46)29-9-8-22(47-3)17-28(29)48-4/h6-9,12,17-19,21,30H,5,10-11,13-16,20H2,1-4H3,(H,43,44). The summed E-state index contributed by atoms with van der Waals surface area (Å²) >= 11 is 0. The zero-order valence-corrected chi connectivity index (χ0v) is 29.0. The lowest BCUT2D eigenvalue weighted by Gasteiger charge is -2.50. The fraction of sp³-hybridized carbons (Fsp3) is 0.441. The Kier molecular flexibility index (Phi) is 9.63. The summed E-state index contributed by atoms with van der Waals surface area (Å²) in [5.74, 6) is -3.89. The predicted octanol–water partition coefficient (Wildman–Crippen LogP) is 3.56. The minimum atomic E-state index is -4.95. The Bertz CT molecular complexity index is 1910. The maximum atomic E-state index is 15.5. The molecule has 268 valence electrons. The van der Waals surface area contributed by atoms with Crippen molar-refractivity contribution in [3.05, 3.63) is 71.4 Å². The van der Waals surface area contributed by atoms with Crippen LogP contribution in [0.5, 0.6) is 17.4 Å². The van der Waals surface area contributed by atoms with Crippen molar-refractivity contribution in [1.29, 1.82) is 0 Å². The van der Waals surface area contributed by atoms with E-state index in [1.807, 2.05) is 7.05 Å². The summed E-state index contributed by atoms with van der Waals surface area (Å²) in [6, 6.07) is 6.97. The number of halogens is 2. The summed E-state index contributed by atoms with van der Waals surface area (Å²) in [6.07, 6.45) is 1.60. The van der Waals surface area contributed by atoms with Crippen molar-refractivity contribution in [2.75, 3.05) is 64.9 Å². The number of likely N-dealkylation sites (tertiary alicyclic amines) is 1. The molecular formula is C34H39F2N5O8S. The number of hydrogen-bond donors (Lipinski definition) is 1. The van der Waals surface area contributed by atoms with Gasteiger partial charge < -0.3 is 29.1 Å². The number of hydrogen-bond acceptors (Lipinski definition) is 10. The number of piperidine rings is 1. The minimum Gasteiger partial charge on any atom is -0.497 e. The van der Waals surface area contributed by atoms with Gasteiger partial charge in [0.1, 0.15) is 21.8 Å². The van der Waals surface area contributed by atoms with Crippen LogP contribution in [0.25, 0.3) is 0 Å². The number of piperazine rings is 1. The quantitative estimate of drug-likeness (QED) is 0.348. The van der Waals surface area contributed by atoms with Crippen LogP contribution in [0.2, 0.25) is 0 Å². The number of carbonyl (C=O) groups is 2. The van der Waals surface area contributed by atoms with Crippen molar-refractivity contribution in [2.45, 2.75) is 42.2 Å².